The summed E-state index contributed by atoms with van der Waals surface area (Å²) in [5, 5.41) is 8.57. The van der Waals surface area contributed by atoms with E-state index in [4.69, 9.17) is 22.4 Å². The quantitative estimate of drug-likeness (QED) is 0.801. The van der Waals surface area contributed by atoms with E-state index in [9.17, 15) is 13.6 Å². The van der Waals surface area contributed by atoms with E-state index in [0.29, 0.717) is 0 Å². The third-order valence-corrected chi connectivity index (χ3v) is 2.17. The van der Waals surface area contributed by atoms with Crippen molar-refractivity contribution in [3.63, 3.8) is 0 Å². The van der Waals surface area contributed by atoms with Crippen LogP contribution in [0.1, 0.15) is 23.4 Å². The van der Waals surface area contributed by atoms with E-state index in [0.717, 1.165) is 0 Å². The van der Waals surface area contributed by atoms with Gasteiger partial charge in [-0.2, -0.15) is 0 Å². The number of pyridine rings is 1. The second-order valence-electron chi connectivity index (χ2n) is 3.07. The minimum absolute atomic E-state index is 0.0136. The molecule has 0 aromatic carbocycles. The van der Waals surface area contributed by atoms with E-state index in [-0.39, 0.29) is 23.0 Å². The standard InChI is InChI=1S/C9H9ClF2N2O2/c10-3-4-1-5(13)8(9(11)12)6(14-4)2-7(15)16/h1,9H,2-3H2,(H2,13,14)(H,15,16). The number of halogens is 3. The molecule has 1 aromatic heterocycles. The van der Waals surface area contributed by atoms with Crippen molar-refractivity contribution >= 4 is 23.3 Å². The number of alkyl halides is 3. The highest BCUT2D eigenvalue weighted by Crippen LogP contribution is 2.29. The molecular weight excluding hydrogens is 242 g/mol. The second-order valence-corrected chi connectivity index (χ2v) is 3.34. The molecule has 0 saturated carbocycles. The Balaban J connectivity index is 3.28. The third-order valence-electron chi connectivity index (χ3n) is 1.90. The van der Waals surface area contributed by atoms with Crippen molar-refractivity contribution in [3.05, 3.63) is 23.0 Å². The first-order valence-corrected chi connectivity index (χ1v) is 4.83. The van der Waals surface area contributed by atoms with E-state index in [2.05, 4.69) is 4.98 Å². The van der Waals surface area contributed by atoms with Crippen LogP contribution in [0.25, 0.3) is 0 Å². The van der Waals surface area contributed by atoms with Gasteiger partial charge < -0.3 is 10.8 Å². The van der Waals surface area contributed by atoms with Gasteiger partial charge in [0, 0.05) is 5.69 Å². The number of carboxylic acid groups (broad SMARTS) is 1. The van der Waals surface area contributed by atoms with Gasteiger partial charge in [0.1, 0.15) is 0 Å². The van der Waals surface area contributed by atoms with Crippen molar-refractivity contribution in [1.82, 2.24) is 4.98 Å². The Kier molecular flexibility index (Phi) is 4.00. The number of nitrogens with zero attached hydrogens (tertiary/aromatic N) is 1. The summed E-state index contributed by atoms with van der Waals surface area (Å²) in [7, 11) is 0. The summed E-state index contributed by atoms with van der Waals surface area (Å²) in [6, 6.07) is 1.22. The molecule has 3 N–H and O–H groups in total. The lowest BCUT2D eigenvalue weighted by Crippen LogP contribution is -2.10. The SMILES string of the molecule is Nc1cc(CCl)nc(CC(=O)O)c1C(F)F. The molecule has 0 aliphatic heterocycles. The number of hydrogen-bond donors (Lipinski definition) is 2. The fourth-order valence-corrected chi connectivity index (χ4v) is 1.43. The normalized spacial score (nSPS) is 10.8. The van der Waals surface area contributed by atoms with Gasteiger partial charge in [-0.1, -0.05) is 0 Å². The van der Waals surface area contributed by atoms with Gasteiger partial charge in [0.15, 0.2) is 0 Å². The Labute approximate surface area is 95.0 Å². The molecule has 0 aliphatic rings. The number of nitrogens with two attached hydrogens (primary N) is 1. The lowest BCUT2D eigenvalue weighted by Gasteiger charge is -2.11. The number of nitrogen functional groups attached to an aromatic ring is 1. The highest BCUT2D eigenvalue weighted by molar-refractivity contribution is 6.16. The summed E-state index contributed by atoms with van der Waals surface area (Å²) in [5.41, 5.74) is 4.73. The summed E-state index contributed by atoms with van der Waals surface area (Å²) < 4.78 is 25.3. The summed E-state index contributed by atoms with van der Waals surface area (Å²) in [6.45, 7) is 0. The molecule has 0 bridgehead atoms. The maximum atomic E-state index is 12.6. The second kappa shape index (κ2) is 5.07. The maximum Gasteiger partial charge on any atom is 0.309 e. The molecule has 0 radical (unpaired) electrons. The summed E-state index contributed by atoms with van der Waals surface area (Å²) in [5.74, 6) is -1.26. The molecule has 0 aliphatic carbocycles. The van der Waals surface area contributed by atoms with Crippen LogP contribution in [0.4, 0.5) is 14.5 Å². The molecule has 4 nitrogen and oxygen atoms in total. The zero-order chi connectivity index (χ0) is 12.3. The van der Waals surface area contributed by atoms with Crippen molar-refractivity contribution in [2.45, 2.75) is 18.7 Å². The predicted octanol–water partition coefficient (Wildman–Crippen LogP) is 1.97. The van der Waals surface area contributed by atoms with Crippen molar-refractivity contribution in [1.29, 1.82) is 0 Å². The molecule has 7 heteroatoms. The zero-order valence-electron chi connectivity index (χ0n) is 8.08. The Hall–Kier alpha value is -1.43. The van der Waals surface area contributed by atoms with Gasteiger partial charge in [-0.25, -0.2) is 8.78 Å². The number of aliphatic carboxylic acids is 1. The molecule has 0 unspecified atom stereocenters. The van der Waals surface area contributed by atoms with Crippen LogP contribution < -0.4 is 5.73 Å². The molecule has 0 saturated heterocycles. The van der Waals surface area contributed by atoms with Crippen LogP contribution >= 0.6 is 11.6 Å². The van der Waals surface area contributed by atoms with Crippen LogP contribution in [0.2, 0.25) is 0 Å². The number of hydrogen-bond acceptors (Lipinski definition) is 3. The minimum atomic E-state index is -2.86. The van der Waals surface area contributed by atoms with E-state index in [1.54, 1.807) is 0 Å². The number of carboxylic acids is 1. The average Bonchev–Trinajstić information content (AvgIpc) is 2.14. The van der Waals surface area contributed by atoms with Gasteiger partial charge in [-0.15, -0.1) is 11.6 Å². The Bertz CT molecular complexity index is 413. The molecule has 16 heavy (non-hydrogen) atoms. The van der Waals surface area contributed by atoms with E-state index >= 15 is 0 Å². The maximum absolute atomic E-state index is 12.6. The fourth-order valence-electron chi connectivity index (χ4n) is 1.29. The van der Waals surface area contributed by atoms with Gasteiger partial charge >= 0.3 is 5.97 Å². The van der Waals surface area contributed by atoms with Crippen molar-refractivity contribution in [2.24, 2.45) is 0 Å². The Morgan fingerprint density at radius 3 is 2.69 bits per heavy atom. The van der Waals surface area contributed by atoms with Crippen LogP contribution in [0.3, 0.4) is 0 Å². The molecule has 1 heterocycles. The summed E-state index contributed by atoms with van der Waals surface area (Å²) in [6.07, 6.45) is -3.46. The highest BCUT2D eigenvalue weighted by atomic mass is 35.5. The van der Waals surface area contributed by atoms with Crippen LogP contribution in [0, 0.1) is 0 Å². The monoisotopic (exact) mass is 250 g/mol. The van der Waals surface area contributed by atoms with Gasteiger partial charge in [-0.3, -0.25) is 9.78 Å². The van der Waals surface area contributed by atoms with Crippen LogP contribution in [0.5, 0.6) is 0 Å². The van der Waals surface area contributed by atoms with Gasteiger partial charge in [0.2, 0.25) is 0 Å². The first kappa shape index (κ1) is 12.6. The molecule has 1 rings (SSSR count). The third kappa shape index (κ3) is 2.79. The molecule has 0 spiro atoms. The first-order chi connectivity index (χ1) is 7.45. The largest absolute Gasteiger partial charge is 0.481 e. The summed E-state index contributed by atoms with van der Waals surface area (Å²) >= 11 is 5.49. The Morgan fingerprint density at radius 2 is 2.25 bits per heavy atom. The van der Waals surface area contributed by atoms with Crippen LogP contribution in [0.15, 0.2) is 6.07 Å². The topological polar surface area (TPSA) is 76.2 Å². The van der Waals surface area contributed by atoms with Crippen LogP contribution in [-0.4, -0.2) is 16.1 Å². The highest BCUT2D eigenvalue weighted by Gasteiger charge is 2.20. The van der Waals surface area contributed by atoms with Crippen molar-refractivity contribution in [3.8, 4) is 0 Å². The first-order valence-electron chi connectivity index (χ1n) is 4.29. The van der Waals surface area contributed by atoms with E-state index < -0.39 is 24.4 Å². The molecular formula is C9H9ClF2N2O2. The van der Waals surface area contributed by atoms with Crippen molar-refractivity contribution in [2.75, 3.05) is 5.73 Å². The Morgan fingerprint density at radius 1 is 1.62 bits per heavy atom. The number of aromatic nitrogens is 1. The molecule has 1 aromatic rings. The predicted molar refractivity (Wildman–Crippen MR) is 54.5 cm³/mol. The zero-order valence-corrected chi connectivity index (χ0v) is 8.84. The van der Waals surface area contributed by atoms with E-state index in [1.807, 2.05) is 0 Å². The summed E-state index contributed by atoms with van der Waals surface area (Å²) in [4.78, 5) is 14.2. The van der Waals surface area contributed by atoms with E-state index in [1.165, 1.54) is 6.07 Å². The average molecular weight is 251 g/mol. The number of anilines is 1. The smallest absolute Gasteiger partial charge is 0.309 e. The van der Waals surface area contributed by atoms with Gasteiger partial charge in [0.05, 0.1) is 29.3 Å². The molecule has 88 valence electrons. The number of carbonyl (C=O) groups is 1. The van der Waals surface area contributed by atoms with Gasteiger partial charge in [-0.05, 0) is 6.07 Å². The molecule has 0 atom stereocenters. The van der Waals surface area contributed by atoms with Crippen LogP contribution in [-0.2, 0) is 17.1 Å². The number of rotatable bonds is 4. The van der Waals surface area contributed by atoms with Crippen molar-refractivity contribution < 1.29 is 18.7 Å². The fraction of sp³-hybridized carbons (Fsp3) is 0.333. The molecule has 0 fully saturated rings. The van der Waals surface area contributed by atoms with Gasteiger partial charge in [0.25, 0.3) is 6.43 Å². The lowest BCUT2D eigenvalue weighted by atomic mass is 10.1. The lowest BCUT2D eigenvalue weighted by molar-refractivity contribution is -0.136. The minimum Gasteiger partial charge on any atom is -0.481 e. The molecule has 0 amide bonds.